The normalized spacial score (nSPS) is 13.2. The van der Waals surface area contributed by atoms with E-state index in [1.165, 1.54) is 26.4 Å². The van der Waals surface area contributed by atoms with E-state index in [4.69, 9.17) is 15.2 Å². The van der Waals surface area contributed by atoms with Crippen LogP contribution in [0.25, 0.3) is 0 Å². The van der Waals surface area contributed by atoms with Gasteiger partial charge in [0.1, 0.15) is 5.82 Å². The molecule has 0 aliphatic heterocycles. The molecule has 0 saturated carbocycles. The van der Waals surface area contributed by atoms with E-state index in [9.17, 15) is 4.39 Å². The number of hydrogen-bond donors (Lipinski definition) is 1. The maximum absolute atomic E-state index is 12.9. The molecule has 0 aromatic heterocycles. The van der Waals surface area contributed by atoms with E-state index in [0.29, 0.717) is 5.56 Å². The highest BCUT2D eigenvalue weighted by molar-refractivity contribution is 5.20. The van der Waals surface area contributed by atoms with Crippen LogP contribution in [0.4, 0.5) is 4.39 Å². The maximum atomic E-state index is 12.9. The highest BCUT2D eigenvalue weighted by atomic mass is 19.1. The smallest absolute Gasteiger partial charge is 0.176 e. The van der Waals surface area contributed by atoms with Crippen LogP contribution in [0.3, 0.4) is 0 Å². The first kappa shape index (κ1) is 11.1. The summed E-state index contributed by atoms with van der Waals surface area (Å²) in [5.41, 5.74) is 6.46. The van der Waals surface area contributed by atoms with Crippen molar-refractivity contribution in [3.63, 3.8) is 0 Å². The fourth-order valence-corrected chi connectivity index (χ4v) is 1.26. The molecule has 0 heterocycles. The average Bonchev–Trinajstić information content (AvgIpc) is 2.19. The van der Waals surface area contributed by atoms with Crippen LogP contribution >= 0.6 is 0 Å². The number of ether oxygens (including phenoxy) is 2. The van der Waals surface area contributed by atoms with Gasteiger partial charge in [-0.05, 0) is 17.7 Å². The Morgan fingerprint density at radius 2 is 1.93 bits per heavy atom. The number of rotatable bonds is 4. The molecule has 1 unspecified atom stereocenters. The van der Waals surface area contributed by atoms with Gasteiger partial charge in [-0.3, -0.25) is 0 Å². The van der Waals surface area contributed by atoms with Crippen LogP contribution in [0.2, 0.25) is 0 Å². The lowest BCUT2D eigenvalue weighted by Gasteiger charge is -2.21. The van der Waals surface area contributed by atoms with Gasteiger partial charge in [-0.15, -0.1) is 0 Å². The monoisotopic (exact) mass is 199 g/mol. The van der Waals surface area contributed by atoms with E-state index in [-0.39, 0.29) is 5.82 Å². The molecule has 0 radical (unpaired) electrons. The largest absolute Gasteiger partial charge is 0.354 e. The van der Waals surface area contributed by atoms with Crippen molar-refractivity contribution in [2.24, 2.45) is 5.73 Å². The van der Waals surface area contributed by atoms with Crippen molar-refractivity contribution in [1.82, 2.24) is 0 Å². The fraction of sp³-hybridized carbons (Fsp3) is 0.400. The summed E-state index contributed by atoms with van der Waals surface area (Å²) in [5, 5.41) is 0. The van der Waals surface area contributed by atoms with Crippen molar-refractivity contribution in [3.05, 3.63) is 35.6 Å². The predicted molar refractivity (Wildman–Crippen MR) is 51.1 cm³/mol. The number of nitrogens with two attached hydrogens (primary N) is 1. The van der Waals surface area contributed by atoms with Gasteiger partial charge >= 0.3 is 0 Å². The van der Waals surface area contributed by atoms with E-state index in [1.807, 2.05) is 0 Å². The Kier molecular flexibility index (Phi) is 4.00. The molecular formula is C10H14FNO2. The molecular weight excluding hydrogens is 185 g/mol. The van der Waals surface area contributed by atoms with Crippen LogP contribution in [0.1, 0.15) is 11.6 Å². The molecule has 0 aliphatic rings. The summed E-state index contributed by atoms with van der Waals surface area (Å²) in [6, 6.07) is 5.59. The third-order valence-electron chi connectivity index (χ3n) is 1.99. The van der Waals surface area contributed by atoms with Gasteiger partial charge in [-0.25, -0.2) is 4.39 Å². The molecule has 0 bridgehead atoms. The molecule has 4 heteroatoms. The fourth-order valence-electron chi connectivity index (χ4n) is 1.26. The molecule has 0 aliphatic carbocycles. The van der Waals surface area contributed by atoms with E-state index in [1.54, 1.807) is 12.1 Å². The number of methoxy groups -OCH3 is 2. The lowest BCUT2D eigenvalue weighted by Crippen LogP contribution is -2.29. The molecule has 0 spiro atoms. The SMILES string of the molecule is COC(OC)C(N)c1cccc(F)c1. The molecule has 1 aromatic rings. The molecule has 0 fully saturated rings. The maximum Gasteiger partial charge on any atom is 0.176 e. The van der Waals surface area contributed by atoms with Crippen molar-refractivity contribution in [2.75, 3.05) is 14.2 Å². The van der Waals surface area contributed by atoms with Crippen LogP contribution in [-0.4, -0.2) is 20.5 Å². The summed E-state index contributed by atoms with van der Waals surface area (Å²) in [4.78, 5) is 0. The minimum absolute atomic E-state index is 0.316. The van der Waals surface area contributed by atoms with Crippen molar-refractivity contribution in [2.45, 2.75) is 12.3 Å². The number of halogens is 1. The Morgan fingerprint density at radius 3 is 2.43 bits per heavy atom. The van der Waals surface area contributed by atoms with Gasteiger partial charge < -0.3 is 15.2 Å². The molecule has 0 amide bonds. The van der Waals surface area contributed by atoms with Gasteiger partial charge in [0.2, 0.25) is 0 Å². The van der Waals surface area contributed by atoms with Gasteiger partial charge in [0.05, 0.1) is 6.04 Å². The second-order valence-corrected chi connectivity index (χ2v) is 2.92. The Balaban J connectivity index is 2.82. The molecule has 2 N–H and O–H groups in total. The van der Waals surface area contributed by atoms with Crippen molar-refractivity contribution in [3.8, 4) is 0 Å². The minimum Gasteiger partial charge on any atom is -0.354 e. The van der Waals surface area contributed by atoms with E-state index in [2.05, 4.69) is 0 Å². The van der Waals surface area contributed by atoms with Crippen molar-refractivity contribution >= 4 is 0 Å². The van der Waals surface area contributed by atoms with Crippen LogP contribution < -0.4 is 5.73 Å². The van der Waals surface area contributed by atoms with E-state index >= 15 is 0 Å². The second kappa shape index (κ2) is 5.05. The van der Waals surface area contributed by atoms with Crippen LogP contribution in [-0.2, 0) is 9.47 Å². The zero-order valence-corrected chi connectivity index (χ0v) is 8.24. The van der Waals surface area contributed by atoms with Crippen molar-refractivity contribution in [1.29, 1.82) is 0 Å². The van der Waals surface area contributed by atoms with Gasteiger partial charge in [-0.2, -0.15) is 0 Å². The molecule has 3 nitrogen and oxygen atoms in total. The first-order valence-electron chi connectivity index (χ1n) is 4.25. The Morgan fingerprint density at radius 1 is 1.29 bits per heavy atom. The molecule has 78 valence electrons. The van der Waals surface area contributed by atoms with Crippen LogP contribution in [0, 0.1) is 5.82 Å². The minimum atomic E-state index is -0.559. The zero-order valence-electron chi connectivity index (χ0n) is 8.24. The lowest BCUT2D eigenvalue weighted by atomic mass is 10.1. The highest BCUT2D eigenvalue weighted by Gasteiger charge is 2.18. The second-order valence-electron chi connectivity index (χ2n) is 2.92. The number of hydrogen-bond acceptors (Lipinski definition) is 3. The van der Waals surface area contributed by atoms with Gasteiger partial charge in [-0.1, -0.05) is 12.1 Å². The number of benzene rings is 1. The lowest BCUT2D eigenvalue weighted by molar-refractivity contribution is -0.117. The molecule has 14 heavy (non-hydrogen) atoms. The third-order valence-corrected chi connectivity index (χ3v) is 1.99. The molecule has 1 atom stereocenters. The van der Waals surface area contributed by atoms with Gasteiger partial charge in [0.25, 0.3) is 0 Å². The Labute approximate surface area is 82.6 Å². The first-order valence-corrected chi connectivity index (χ1v) is 4.25. The molecule has 0 saturated heterocycles. The topological polar surface area (TPSA) is 44.5 Å². The quantitative estimate of drug-likeness (QED) is 0.746. The summed E-state index contributed by atoms with van der Waals surface area (Å²) in [7, 11) is 2.99. The summed E-state index contributed by atoms with van der Waals surface area (Å²) < 4.78 is 22.8. The third kappa shape index (κ3) is 2.51. The van der Waals surface area contributed by atoms with Crippen LogP contribution in [0.15, 0.2) is 24.3 Å². The predicted octanol–water partition coefficient (Wildman–Crippen LogP) is 1.44. The van der Waals surface area contributed by atoms with Gasteiger partial charge in [0, 0.05) is 14.2 Å². The standard InChI is InChI=1S/C10H14FNO2/c1-13-10(14-2)9(12)7-4-3-5-8(11)6-7/h3-6,9-10H,12H2,1-2H3. The molecule has 1 aromatic carbocycles. The van der Waals surface area contributed by atoms with Crippen LogP contribution in [0.5, 0.6) is 0 Å². The highest BCUT2D eigenvalue weighted by Crippen LogP contribution is 2.17. The Hall–Kier alpha value is -0.970. The molecule has 1 rings (SSSR count). The zero-order chi connectivity index (χ0) is 10.6. The summed E-state index contributed by atoms with van der Waals surface area (Å²) in [5.74, 6) is -0.316. The first-order chi connectivity index (χ1) is 6.69. The summed E-state index contributed by atoms with van der Waals surface area (Å²) in [6.07, 6.45) is -0.559. The van der Waals surface area contributed by atoms with E-state index < -0.39 is 12.3 Å². The van der Waals surface area contributed by atoms with Crippen molar-refractivity contribution < 1.29 is 13.9 Å². The summed E-state index contributed by atoms with van der Waals surface area (Å²) >= 11 is 0. The van der Waals surface area contributed by atoms with Gasteiger partial charge in [0.15, 0.2) is 6.29 Å². The summed E-state index contributed by atoms with van der Waals surface area (Å²) in [6.45, 7) is 0. The Bertz CT molecular complexity index is 289. The van der Waals surface area contributed by atoms with E-state index in [0.717, 1.165) is 0 Å². The average molecular weight is 199 g/mol.